The second-order valence-corrected chi connectivity index (χ2v) is 7.93. The van der Waals surface area contributed by atoms with Gasteiger partial charge in [0.2, 0.25) is 0 Å². The summed E-state index contributed by atoms with van der Waals surface area (Å²) in [5.41, 5.74) is 9.61. The van der Waals surface area contributed by atoms with Crippen LogP contribution in [0.2, 0.25) is 0 Å². The third-order valence-electron chi connectivity index (χ3n) is 5.18. The van der Waals surface area contributed by atoms with E-state index in [1.165, 1.54) is 5.56 Å². The van der Waals surface area contributed by atoms with Gasteiger partial charge >= 0.3 is 0 Å². The number of aromatic hydroxyl groups is 1. The molecule has 2 unspecified atom stereocenters. The zero-order valence-electron chi connectivity index (χ0n) is 16.1. The van der Waals surface area contributed by atoms with Gasteiger partial charge in [-0.3, -0.25) is 5.43 Å². The number of hydrogen-bond acceptors (Lipinski definition) is 5. The van der Waals surface area contributed by atoms with Gasteiger partial charge in [-0.25, -0.2) is 5.43 Å². The summed E-state index contributed by atoms with van der Waals surface area (Å²) >= 11 is 3.48. The topological polar surface area (TPSA) is 62.8 Å². The Balaban J connectivity index is 1.46. The number of benzene rings is 3. The van der Waals surface area contributed by atoms with Gasteiger partial charge in [0.1, 0.15) is 23.9 Å². The summed E-state index contributed by atoms with van der Waals surface area (Å²) in [6.45, 7) is 1.22. The van der Waals surface area contributed by atoms with Gasteiger partial charge < -0.3 is 14.6 Å². The zero-order chi connectivity index (χ0) is 20.2. The average molecular weight is 455 g/mol. The van der Waals surface area contributed by atoms with E-state index in [4.69, 9.17) is 9.47 Å². The largest absolute Gasteiger partial charge is 0.507 e. The number of methoxy groups -OCH3 is 1. The fraction of sp³-hybridized carbons (Fsp3) is 0.217. The normalized spacial score (nSPS) is 18.6. The van der Waals surface area contributed by atoms with Crippen LogP contribution in [0.15, 0.2) is 71.2 Å². The van der Waals surface area contributed by atoms with E-state index in [0.29, 0.717) is 12.4 Å². The van der Waals surface area contributed by atoms with Crippen LogP contribution in [0.1, 0.15) is 28.7 Å². The molecule has 1 aliphatic heterocycles. The number of phenols is 1. The molecule has 3 aromatic carbocycles. The van der Waals surface area contributed by atoms with Gasteiger partial charge in [0, 0.05) is 28.6 Å². The van der Waals surface area contributed by atoms with Crippen LogP contribution in [-0.4, -0.2) is 18.8 Å². The van der Waals surface area contributed by atoms with E-state index < -0.39 is 0 Å². The quantitative estimate of drug-likeness (QED) is 0.504. The summed E-state index contributed by atoms with van der Waals surface area (Å²) in [4.78, 5) is 0. The molecule has 0 bridgehead atoms. The molecule has 5 nitrogen and oxygen atoms in total. The Bertz CT molecular complexity index is 961. The third kappa shape index (κ3) is 4.56. The van der Waals surface area contributed by atoms with Gasteiger partial charge in [-0.15, -0.1) is 0 Å². The molecule has 1 fully saturated rings. The maximum absolute atomic E-state index is 10.7. The smallest absolute Gasteiger partial charge is 0.124 e. The van der Waals surface area contributed by atoms with Crippen LogP contribution >= 0.6 is 15.9 Å². The SMILES string of the molecule is COc1ccc(COc2ccc(C3NNCC3c3ccc(Br)cc3)c(O)c2)cc1. The Hall–Kier alpha value is -2.54. The van der Waals surface area contributed by atoms with Gasteiger partial charge in [-0.2, -0.15) is 0 Å². The summed E-state index contributed by atoms with van der Waals surface area (Å²) in [5.74, 6) is 1.89. The van der Waals surface area contributed by atoms with E-state index in [-0.39, 0.29) is 17.7 Å². The molecule has 1 aliphatic rings. The van der Waals surface area contributed by atoms with Gasteiger partial charge in [0.15, 0.2) is 0 Å². The molecular formula is C23H23BrN2O3. The monoisotopic (exact) mass is 454 g/mol. The van der Waals surface area contributed by atoms with Crippen molar-refractivity contribution in [2.45, 2.75) is 18.6 Å². The Labute approximate surface area is 178 Å². The molecule has 150 valence electrons. The van der Waals surface area contributed by atoms with Crippen LogP contribution in [-0.2, 0) is 6.61 Å². The number of nitrogens with one attached hydrogen (secondary N) is 2. The van der Waals surface area contributed by atoms with Crippen molar-refractivity contribution in [3.8, 4) is 17.2 Å². The van der Waals surface area contributed by atoms with Crippen LogP contribution in [0.5, 0.6) is 17.2 Å². The highest BCUT2D eigenvalue weighted by Gasteiger charge is 2.31. The second kappa shape index (κ2) is 8.86. The molecule has 0 aromatic heterocycles. The van der Waals surface area contributed by atoms with E-state index in [1.807, 2.05) is 48.5 Å². The molecule has 4 rings (SSSR count). The number of ether oxygens (including phenoxy) is 2. The lowest BCUT2D eigenvalue weighted by Gasteiger charge is -2.21. The van der Waals surface area contributed by atoms with Crippen molar-refractivity contribution in [3.05, 3.63) is 87.9 Å². The van der Waals surface area contributed by atoms with Gasteiger partial charge in [0.05, 0.1) is 13.2 Å². The molecule has 2 atom stereocenters. The summed E-state index contributed by atoms with van der Waals surface area (Å²) < 4.78 is 12.1. The average Bonchev–Trinajstić information content (AvgIpc) is 3.23. The minimum atomic E-state index is -0.0215. The van der Waals surface area contributed by atoms with E-state index in [1.54, 1.807) is 13.2 Å². The van der Waals surface area contributed by atoms with Gasteiger partial charge in [-0.1, -0.05) is 46.3 Å². The molecule has 1 saturated heterocycles. The van der Waals surface area contributed by atoms with Crippen molar-refractivity contribution in [3.63, 3.8) is 0 Å². The standard InChI is InChI=1S/C23H23BrN2O3/c1-28-18-8-2-15(3-9-18)14-29-19-10-11-20(22(27)12-19)23-21(13-25-26-23)16-4-6-17(24)7-5-16/h2-12,21,23,25-27H,13-14H2,1H3. The first-order chi connectivity index (χ1) is 14.1. The van der Waals surface area contributed by atoms with Crippen molar-refractivity contribution in [2.75, 3.05) is 13.7 Å². The van der Waals surface area contributed by atoms with E-state index in [2.05, 4.69) is 38.9 Å². The molecule has 0 radical (unpaired) electrons. The first-order valence-electron chi connectivity index (χ1n) is 9.46. The van der Waals surface area contributed by atoms with Gasteiger partial charge in [0.25, 0.3) is 0 Å². The molecule has 1 heterocycles. The summed E-state index contributed by atoms with van der Waals surface area (Å²) in [7, 11) is 1.64. The number of halogens is 1. The van der Waals surface area contributed by atoms with Crippen molar-refractivity contribution >= 4 is 15.9 Å². The molecule has 0 saturated carbocycles. The number of hydrogen-bond donors (Lipinski definition) is 3. The summed E-state index contributed by atoms with van der Waals surface area (Å²) in [5, 5.41) is 10.7. The minimum Gasteiger partial charge on any atom is -0.507 e. The number of rotatable bonds is 6. The fourth-order valence-corrected chi connectivity index (χ4v) is 3.84. The zero-order valence-corrected chi connectivity index (χ0v) is 17.6. The Kier molecular flexibility index (Phi) is 6.04. The van der Waals surface area contributed by atoms with E-state index >= 15 is 0 Å². The van der Waals surface area contributed by atoms with E-state index in [9.17, 15) is 5.11 Å². The first kappa shape index (κ1) is 19.8. The predicted molar refractivity (Wildman–Crippen MR) is 116 cm³/mol. The summed E-state index contributed by atoms with van der Waals surface area (Å²) in [6, 6.07) is 21.5. The molecule has 3 N–H and O–H groups in total. The van der Waals surface area contributed by atoms with Crippen LogP contribution in [0.25, 0.3) is 0 Å². The van der Waals surface area contributed by atoms with Crippen LogP contribution in [0.4, 0.5) is 0 Å². The van der Waals surface area contributed by atoms with Crippen LogP contribution in [0, 0.1) is 0 Å². The molecular weight excluding hydrogens is 432 g/mol. The second-order valence-electron chi connectivity index (χ2n) is 7.02. The highest BCUT2D eigenvalue weighted by Crippen LogP contribution is 2.38. The maximum atomic E-state index is 10.7. The number of hydrazine groups is 1. The molecule has 0 aliphatic carbocycles. The van der Waals surface area contributed by atoms with Crippen LogP contribution < -0.4 is 20.3 Å². The predicted octanol–water partition coefficient (Wildman–Crippen LogP) is 4.68. The molecule has 29 heavy (non-hydrogen) atoms. The molecule has 3 aromatic rings. The Morgan fingerprint density at radius 3 is 2.41 bits per heavy atom. The van der Waals surface area contributed by atoms with Gasteiger partial charge in [-0.05, 0) is 41.5 Å². The van der Waals surface area contributed by atoms with Crippen molar-refractivity contribution < 1.29 is 14.6 Å². The van der Waals surface area contributed by atoms with E-state index in [0.717, 1.165) is 27.9 Å². The molecule has 6 heteroatoms. The van der Waals surface area contributed by atoms with Crippen molar-refractivity contribution in [1.29, 1.82) is 0 Å². The molecule has 0 amide bonds. The fourth-order valence-electron chi connectivity index (χ4n) is 3.58. The maximum Gasteiger partial charge on any atom is 0.124 e. The van der Waals surface area contributed by atoms with Crippen molar-refractivity contribution in [1.82, 2.24) is 10.9 Å². The lowest BCUT2D eigenvalue weighted by atomic mass is 9.88. The highest BCUT2D eigenvalue weighted by molar-refractivity contribution is 9.10. The number of phenolic OH excluding ortho intramolecular Hbond substituents is 1. The lowest BCUT2D eigenvalue weighted by molar-refractivity contribution is 0.303. The Morgan fingerprint density at radius 2 is 1.72 bits per heavy atom. The lowest BCUT2D eigenvalue weighted by Crippen LogP contribution is -2.25. The van der Waals surface area contributed by atoms with Crippen molar-refractivity contribution in [2.24, 2.45) is 0 Å². The Morgan fingerprint density at radius 1 is 1.00 bits per heavy atom. The molecule has 0 spiro atoms. The van der Waals surface area contributed by atoms with Crippen LogP contribution in [0.3, 0.4) is 0 Å². The summed E-state index contributed by atoms with van der Waals surface area (Å²) in [6.07, 6.45) is 0. The highest BCUT2D eigenvalue weighted by atomic mass is 79.9. The third-order valence-corrected chi connectivity index (χ3v) is 5.71. The first-order valence-corrected chi connectivity index (χ1v) is 10.3. The minimum absolute atomic E-state index is 0.0215.